The Balaban J connectivity index is 2.88. The zero-order chi connectivity index (χ0) is 16.0. The van der Waals surface area contributed by atoms with Gasteiger partial charge in [-0.3, -0.25) is 4.79 Å². The maximum atomic E-state index is 11.7. The van der Waals surface area contributed by atoms with Crippen LogP contribution in [0.3, 0.4) is 0 Å². The smallest absolute Gasteiger partial charge is 0.310 e. The molecule has 0 heterocycles. The Kier molecular flexibility index (Phi) is 6.13. The van der Waals surface area contributed by atoms with Crippen LogP contribution in [0.4, 0.5) is 0 Å². The van der Waals surface area contributed by atoms with Gasteiger partial charge >= 0.3 is 5.97 Å². The number of benzene rings is 1. The number of nitrogens with two attached hydrogens (primary N) is 1. The summed E-state index contributed by atoms with van der Waals surface area (Å²) in [7, 11) is -1.09. The van der Waals surface area contributed by atoms with Crippen LogP contribution in [-0.2, 0) is 30.7 Å². The van der Waals surface area contributed by atoms with E-state index >= 15 is 0 Å². The van der Waals surface area contributed by atoms with Gasteiger partial charge in [0.15, 0.2) is 0 Å². The van der Waals surface area contributed by atoms with E-state index in [9.17, 15) is 13.2 Å². The van der Waals surface area contributed by atoms with Crippen molar-refractivity contribution >= 4 is 16.0 Å². The fourth-order valence-corrected chi connectivity index (χ4v) is 2.50. The van der Waals surface area contributed by atoms with Gasteiger partial charge in [-0.1, -0.05) is 6.07 Å². The highest BCUT2D eigenvalue weighted by molar-refractivity contribution is 7.89. The number of ether oxygens (including phenoxy) is 3. The Morgan fingerprint density at radius 2 is 2.00 bits per heavy atom. The normalized spacial score (nSPS) is 12.8. The largest absolute Gasteiger partial charge is 0.495 e. The van der Waals surface area contributed by atoms with E-state index in [-0.39, 0.29) is 29.8 Å². The van der Waals surface area contributed by atoms with Gasteiger partial charge in [-0.05, 0) is 24.6 Å². The number of carbonyl (C=O) groups is 1. The number of methoxy groups -OCH3 is 2. The third-order valence-corrected chi connectivity index (χ3v) is 3.55. The first-order valence-corrected chi connectivity index (χ1v) is 7.70. The molecule has 0 aliphatic carbocycles. The molecular weight excluding hydrogens is 298 g/mol. The van der Waals surface area contributed by atoms with Crippen molar-refractivity contribution in [3.8, 4) is 5.75 Å². The van der Waals surface area contributed by atoms with Crippen LogP contribution in [0.25, 0.3) is 0 Å². The van der Waals surface area contributed by atoms with Gasteiger partial charge in [0, 0.05) is 7.11 Å². The third-order valence-electron chi connectivity index (χ3n) is 2.62. The second kappa shape index (κ2) is 7.39. The molecule has 0 amide bonds. The predicted octanol–water partition coefficient (Wildman–Crippen LogP) is 0.463. The molecule has 0 saturated heterocycles. The number of primary sulfonamides is 1. The van der Waals surface area contributed by atoms with Crippen LogP contribution in [0.5, 0.6) is 5.75 Å². The molecule has 1 aromatic carbocycles. The van der Waals surface area contributed by atoms with Crippen molar-refractivity contribution in [3.05, 3.63) is 23.8 Å². The highest BCUT2D eigenvalue weighted by atomic mass is 32.2. The lowest BCUT2D eigenvalue weighted by Crippen LogP contribution is -2.21. The van der Waals surface area contributed by atoms with Crippen molar-refractivity contribution < 1.29 is 27.4 Å². The third kappa shape index (κ3) is 5.33. The molecule has 1 atom stereocenters. The summed E-state index contributed by atoms with van der Waals surface area (Å²) < 4.78 is 37.9. The van der Waals surface area contributed by atoms with Crippen LogP contribution < -0.4 is 9.88 Å². The molecule has 0 spiro atoms. The topological polar surface area (TPSA) is 105 Å². The summed E-state index contributed by atoms with van der Waals surface area (Å²) in [5.41, 5.74) is 0.467. The van der Waals surface area contributed by atoms with Gasteiger partial charge in [-0.15, -0.1) is 0 Å². The molecular formula is C13H19NO6S. The Morgan fingerprint density at radius 3 is 2.52 bits per heavy atom. The molecule has 0 radical (unpaired) electrons. The molecule has 118 valence electrons. The van der Waals surface area contributed by atoms with E-state index in [1.807, 2.05) is 0 Å². The maximum Gasteiger partial charge on any atom is 0.310 e. The van der Waals surface area contributed by atoms with E-state index in [0.717, 1.165) is 0 Å². The Hall–Kier alpha value is -1.64. The molecule has 21 heavy (non-hydrogen) atoms. The number of sulfonamides is 1. The molecule has 7 nitrogen and oxygen atoms in total. The molecule has 0 aliphatic heterocycles. The molecule has 0 fully saturated rings. The lowest BCUT2D eigenvalue weighted by Gasteiger charge is -2.13. The number of hydrogen-bond acceptors (Lipinski definition) is 6. The van der Waals surface area contributed by atoms with Crippen LogP contribution >= 0.6 is 0 Å². The van der Waals surface area contributed by atoms with Gasteiger partial charge in [0.25, 0.3) is 0 Å². The molecule has 0 saturated carbocycles. The lowest BCUT2D eigenvalue weighted by molar-refractivity contribution is -0.149. The molecule has 0 aliphatic rings. The molecule has 8 heteroatoms. The second-order valence-corrected chi connectivity index (χ2v) is 5.99. The summed E-state index contributed by atoms with van der Waals surface area (Å²) in [6.45, 7) is 1.99. The SMILES string of the molecule is COCC(C)OC(=O)Cc1ccc(OC)c(S(N)(=O)=O)c1. The van der Waals surface area contributed by atoms with Gasteiger partial charge in [0.1, 0.15) is 16.7 Å². The molecule has 0 bridgehead atoms. The van der Waals surface area contributed by atoms with Gasteiger partial charge in [0.05, 0.1) is 20.1 Å². The summed E-state index contributed by atoms with van der Waals surface area (Å²) in [5.74, 6) is -0.354. The van der Waals surface area contributed by atoms with Crippen molar-refractivity contribution in [1.82, 2.24) is 0 Å². The minimum absolute atomic E-state index is 0.0689. The average Bonchev–Trinajstić information content (AvgIpc) is 2.37. The number of hydrogen-bond donors (Lipinski definition) is 1. The van der Waals surface area contributed by atoms with E-state index in [0.29, 0.717) is 5.56 Å². The van der Waals surface area contributed by atoms with Crippen molar-refractivity contribution in [2.45, 2.75) is 24.3 Å². The molecule has 2 N–H and O–H groups in total. The fraction of sp³-hybridized carbons (Fsp3) is 0.462. The highest BCUT2D eigenvalue weighted by Crippen LogP contribution is 2.24. The summed E-state index contributed by atoms with van der Waals surface area (Å²) in [6.07, 6.45) is -0.445. The molecule has 1 aromatic rings. The summed E-state index contributed by atoms with van der Waals surface area (Å²) in [5, 5.41) is 5.11. The number of esters is 1. The monoisotopic (exact) mass is 317 g/mol. The Labute approximate surface area is 124 Å². The van der Waals surface area contributed by atoms with E-state index < -0.39 is 16.0 Å². The van der Waals surface area contributed by atoms with Crippen LogP contribution in [-0.4, -0.2) is 41.3 Å². The quantitative estimate of drug-likeness (QED) is 0.733. The molecule has 1 rings (SSSR count). The van der Waals surface area contributed by atoms with Crippen LogP contribution in [0, 0.1) is 0 Å². The first-order valence-electron chi connectivity index (χ1n) is 6.16. The zero-order valence-corrected chi connectivity index (χ0v) is 13.0. The van der Waals surface area contributed by atoms with Crippen LogP contribution in [0.2, 0.25) is 0 Å². The van der Waals surface area contributed by atoms with E-state index in [4.69, 9.17) is 19.3 Å². The van der Waals surface area contributed by atoms with Crippen LogP contribution in [0.1, 0.15) is 12.5 Å². The Bertz CT molecular complexity index is 599. The first kappa shape index (κ1) is 17.4. The van der Waals surface area contributed by atoms with Gasteiger partial charge < -0.3 is 14.2 Å². The van der Waals surface area contributed by atoms with Gasteiger partial charge in [-0.2, -0.15) is 0 Å². The highest BCUT2D eigenvalue weighted by Gasteiger charge is 2.17. The minimum Gasteiger partial charge on any atom is -0.495 e. The van der Waals surface area contributed by atoms with E-state index in [1.54, 1.807) is 13.0 Å². The Morgan fingerprint density at radius 1 is 1.33 bits per heavy atom. The van der Waals surface area contributed by atoms with Crippen molar-refractivity contribution in [2.24, 2.45) is 5.14 Å². The van der Waals surface area contributed by atoms with Crippen LogP contribution in [0.15, 0.2) is 23.1 Å². The minimum atomic E-state index is -3.93. The molecule has 1 unspecified atom stereocenters. The van der Waals surface area contributed by atoms with E-state index in [1.165, 1.54) is 26.4 Å². The standard InChI is InChI=1S/C13H19NO6S/c1-9(8-18-2)20-13(15)7-10-4-5-11(19-3)12(6-10)21(14,16)17/h4-6,9H,7-8H2,1-3H3,(H2,14,16,17). The summed E-state index contributed by atoms with van der Waals surface area (Å²) >= 11 is 0. The van der Waals surface area contributed by atoms with E-state index in [2.05, 4.69) is 0 Å². The van der Waals surface area contributed by atoms with Gasteiger partial charge in [-0.25, -0.2) is 13.6 Å². The average molecular weight is 317 g/mol. The number of carbonyl (C=O) groups excluding carboxylic acids is 1. The lowest BCUT2D eigenvalue weighted by atomic mass is 10.1. The summed E-state index contributed by atoms with van der Waals surface area (Å²) in [4.78, 5) is 11.6. The van der Waals surface area contributed by atoms with Crippen molar-refractivity contribution in [1.29, 1.82) is 0 Å². The summed E-state index contributed by atoms with van der Waals surface area (Å²) in [6, 6.07) is 4.33. The first-order chi connectivity index (χ1) is 9.77. The fourth-order valence-electron chi connectivity index (χ4n) is 1.75. The van der Waals surface area contributed by atoms with Gasteiger partial charge in [0.2, 0.25) is 10.0 Å². The van der Waals surface area contributed by atoms with Crippen molar-refractivity contribution in [3.63, 3.8) is 0 Å². The molecule has 0 aromatic heterocycles. The predicted molar refractivity (Wildman–Crippen MR) is 75.5 cm³/mol. The zero-order valence-electron chi connectivity index (χ0n) is 12.2. The number of rotatable bonds is 7. The van der Waals surface area contributed by atoms with Crippen molar-refractivity contribution in [2.75, 3.05) is 20.8 Å². The maximum absolute atomic E-state index is 11.7. The second-order valence-electron chi connectivity index (χ2n) is 4.46.